The molecular weight excluding hydrogens is 447 g/mol. The summed E-state index contributed by atoms with van der Waals surface area (Å²) in [5, 5.41) is 6.24. The van der Waals surface area contributed by atoms with E-state index in [1.54, 1.807) is 0 Å². The first-order valence-electron chi connectivity index (χ1n) is 10.6. The van der Waals surface area contributed by atoms with E-state index in [4.69, 9.17) is 5.73 Å². The number of nitrogens with one attached hydrogen (secondary N) is 3. The van der Waals surface area contributed by atoms with Crippen molar-refractivity contribution in [1.82, 2.24) is 19.9 Å². The highest BCUT2D eigenvalue weighted by atomic mass is 19.4. The van der Waals surface area contributed by atoms with E-state index < -0.39 is 11.7 Å². The largest absolute Gasteiger partial charge is 0.417 e. The molecule has 1 aliphatic carbocycles. The zero-order valence-corrected chi connectivity index (χ0v) is 17.8. The lowest BCUT2D eigenvalue weighted by Crippen LogP contribution is -2.13. The fourth-order valence-corrected chi connectivity index (χ4v) is 3.52. The van der Waals surface area contributed by atoms with E-state index >= 15 is 0 Å². The summed E-state index contributed by atoms with van der Waals surface area (Å²) in [7, 11) is 0. The van der Waals surface area contributed by atoms with E-state index in [0.717, 1.165) is 36.4 Å². The Kier molecular flexibility index (Phi) is 5.31. The van der Waals surface area contributed by atoms with Gasteiger partial charge in [0.2, 0.25) is 11.9 Å². The lowest BCUT2D eigenvalue weighted by Gasteiger charge is -2.10. The van der Waals surface area contributed by atoms with Gasteiger partial charge in [-0.05, 0) is 36.6 Å². The molecule has 174 valence electrons. The number of nitrogens with zero attached hydrogens (tertiary/aromatic N) is 3. The quantitative estimate of drug-likeness (QED) is 0.329. The minimum Gasteiger partial charge on any atom is -0.396 e. The molecule has 5 rings (SSSR count). The molecule has 4 aromatic rings. The Hall–Kier alpha value is -4.15. The van der Waals surface area contributed by atoms with E-state index in [2.05, 4.69) is 30.6 Å². The molecule has 11 heteroatoms. The maximum atomic E-state index is 13.2. The molecule has 0 unspecified atom stereocenters. The van der Waals surface area contributed by atoms with Crippen LogP contribution in [0.1, 0.15) is 24.0 Å². The van der Waals surface area contributed by atoms with Crippen molar-refractivity contribution in [3.8, 4) is 11.3 Å². The fourth-order valence-electron chi connectivity index (χ4n) is 3.52. The Morgan fingerprint density at radius 2 is 1.91 bits per heavy atom. The van der Waals surface area contributed by atoms with Gasteiger partial charge in [0.15, 0.2) is 0 Å². The predicted molar refractivity (Wildman–Crippen MR) is 122 cm³/mol. The molecule has 34 heavy (non-hydrogen) atoms. The molecule has 8 nitrogen and oxygen atoms in total. The Morgan fingerprint density at radius 1 is 1.15 bits per heavy atom. The van der Waals surface area contributed by atoms with Crippen LogP contribution in [0, 0.1) is 5.92 Å². The molecule has 1 aromatic carbocycles. The number of anilines is 3. The number of fused-ring (bicyclic) bond motifs is 1. The SMILES string of the molecule is Nc1cnc(NCc2ccc(NC(=O)C3CC3)cc2)nc1-c1c[nH]c2ncc(C(F)(F)F)cc12. The Bertz CT molecular complexity index is 1360. The average molecular weight is 467 g/mol. The topological polar surface area (TPSA) is 122 Å². The van der Waals surface area contributed by atoms with E-state index in [0.29, 0.717) is 23.4 Å². The smallest absolute Gasteiger partial charge is 0.396 e. The van der Waals surface area contributed by atoms with Gasteiger partial charge in [0.05, 0.1) is 17.4 Å². The number of H-pyrrole nitrogens is 1. The van der Waals surface area contributed by atoms with Crippen molar-refractivity contribution in [3.05, 3.63) is 60.0 Å². The predicted octanol–water partition coefficient (Wildman–Crippen LogP) is 4.58. The van der Waals surface area contributed by atoms with Gasteiger partial charge in [-0.2, -0.15) is 13.2 Å². The van der Waals surface area contributed by atoms with E-state index in [9.17, 15) is 18.0 Å². The molecule has 5 N–H and O–H groups in total. The van der Waals surface area contributed by atoms with Crippen molar-refractivity contribution in [3.63, 3.8) is 0 Å². The highest BCUT2D eigenvalue weighted by molar-refractivity contribution is 5.96. The van der Waals surface area contributed by atoms with Gasteiger partial charge in [-0.15, -0.1) is 0 Å². The molecule has 3 heterocycles. The summed E-state index contributed by atoms with van der Waals surface area (Å²) in [5.74, 6) is 0.444. The highest BCUT2D eigenvalue weighted by Crippen LogP contribution is 2.35. The van der Waals surface area contributed by atoms with Gasteiger partial charge < -0.3 is 21.4 Å². The number of nitrogens with two attached hydrogens (primary N) is 1. The lowest BCUT2D eigenvalue weighted by molar-refractivity contribution is -0.137. The van der Waals surface area contributed by atoms with Crippen molar-refractivity contribution in [2.75, 3.05) is 16.4 Å². The number of nitrogen functional groups attached to an aromatic ring is 1. The van der Waals surface area contributed by atoms with E-state index in [-0.39, 0.29) is 28.8 Å². The summed E-state index contributed by atoms with van der Waals surface area (Å²) in [6.07, 6.45) is 1.07. The van der Waals surface area contributed by atoms with Crippen LogP contribution in [0.4, 0.5) is 30.5 Å². The van der Waals surface area contributed by atoms with Gasteiger partial charge in [-0.1, -0.05) is 12.1 Å². The number of carbonyl (C=O) groups excluding carboxylic acids is 1. The highest BCUT2D eigenvalue weighted by Gasteiger charge is 2.32. The molecule has 0 bridgehead atoms. The third-order valence-electron chi connectivity index (χ3n) is 5.55. The monoisotopic (exact) mass is 467 g/mol. The average Bonchev–Trinajstić information content (AvgIpc) is 3.58. The van der Waals surface area contributed by atoms with Crippen molar-refractivity contribution < 1.29 is 18.0 Å². The van der Waals surface area contributed by atoms with Crippen molar-refractivity contribution in [1.29, 1.82) is 0 Å². The van der Waals surface area contributed by atoms with Crippen molar-refractivity contribution in [2.45, 2.75) is 25.6 Å². The Morgan fingerprint density at radius 3 is 2.62 bits per heavy atom. The van der Waals surface area contributed by atoms with Gasteiger partial charge in [0.25, 0.3) is 0 Å². The van der Waals surface area contributed by atoms with Crippen LogP contribution in [-0.2, 0) is 17.5 Å². The molecule has 0 radical (unpaired) electrons. The molecule has 0 aliphatic heterocycles. The molecule has 0 atom stereocenters. The number of halogens is 3. The maximum Gasteiger partial charge on any atom is 0.417 e. The van der Waals surface area contributed by atoms with Gasteiger partial charge in [0.1, 0.15) is 11.3 Å². The van der Waals surface area contributed by atoms with Crippen LogP contribution in [-0.4, -0.2) is 25.8 Å². The first-order valence-corrected chi connectivity index (χ1v) is 10.6. The lowest BCUT2D eigenvalue weighted by atomic mass is 10.1. The molecule has 1 amide bonds. The van der Waals surface area contributed by atoms with E-state index in [1.807, 2.05) is 24.3 Å². The zero-order chi connectivity index (χ0) is 23.9. The minimum atomic E-state index is -4.52. The van der Waals surface area contributed by atoms with Crippen LogP contribution < -0.4 is 16.4 Å². The van der Waals surface area contributed by atoms with Crippen LogP contribution in [0.5, 0.6) is 0 Å². The van der Waals surface area contributed by atoms with Gasteiger partial charge in [-0.25, -0.2) is 15.0 Å². The molecule has 0 spiro atoms. The standard InChI is InChI=1S/C23H20F3N7O/c24-23(25,26)14-7-16-17(10-29-20(16)28-9-14)19-18(27)11-31-22(33-19)30-8-12-1-5-15(6-2-12)32-21(34)13-3-4-13/h1-2,5-7,9-11,13H,3-4,8,27H2,(H,28,29)(H,32,34)(H,30,31,33). The Labute approximate surface area is 191 Å². The van der Waals surface area contributed by atoms with Crippen LogP contribution in [0.2, 0.25) is 0 Å². The zero-order valence-electron chi connectivity index (χ0n) is 17.8. The van der Waals surface area contributed by atoms with Crippen LogP contribution >= 0.6 is 0 Å². The number of hydrogen-bond donors (Lipinski definition) is 4. The maximum absolute atomic E-state index is 13.2. The molecule has 1 aliphatic rings. The van der Waals surface area contributed by atoms with Crippen LogP contribution in [0.15, 0.2) is 48.9 Å². The molecule has 0 saturated heterocycles. The summed E-state index contributed by atoms with van der Waals surface area (Å²) in [5.41, 5.74) is 8.05. The summed E-state index contributed by atoms with van der Waals surface area (Å²) >= 11 is 0. The van der Waals surface area contributed by atoms with Gasteiger partial charge >= 0.3 is 6.18 Å². The van der Waals surface area contributed by atoms with Crippen molar-refractivity contribution in [2.24, 2.45) is 5.92 Å². The number of amides is 1. The van der Waals surface area contributed by atoms with Gasteiger partial charge in [-0.3, -0.25) is 4.79 Å². The van der Waals surface area contributed by atoms with Crippen molar-refractivity contribution >= 4 is 34.3 Å². The van der Waals surface area contributed by atoms with Gasteiger partial charge in [0, 0.05) is 41.5 Å². The summed E-state index contributed by atoms with van der Waals surface area (Å²) in [6, 6.07) is 8.41. The third kappa shape index (κ3) is 4.49. The molecule has 1 saturated carbocycles. The second-order valence-electron chi connectivity index (χ2n) is 8.13. The van der Waals surface area contributed by atoms with Crippen LogP contribution in [0.25, 0.3) is 22.3 Å². The number of carbonyl (C=O) groups is 1. The summed E-state index contributed by atoms with van der Waals surface area (Å²) in [6.45, 7) is 0.397. The number of pyridine rings is 1. The Balaban J connectivity index is 1.34. The normalized spacial score (nSPS) is 13.7. The number of benzene rings is 1. The fraction of sp³-hybridized carbons (Fsp3) is 0.217. The first kappa shape index (κ1) is 21.7. The second-order valence-corrected chi connectivity index (χ2v) is 8.13. The number of aromatic nitrogens is 4. The van der Waals surface area contributed by atoms with Crippen LogP contribution in [0.3, 0.4) is 0 Å². The number of alkyl halides is 3. The number of hydrogen-bond acceptors (Lipinski definition) is 6. The van der Waals surface area contributed by atoms with E-state index in [1.165, 1.54) is 12.4 Å². The number of rotatable bonds is 6. The first-order chi connectivity index (χ1) is 16.3. The number of aromatic amines is 1. The molecular formula is C23H20F3N7O. The summed E-state index contributed by atoms with van der Waals surface area (Å²) in [4.78, 5) is 27.2. The second kappa shape index (κ2) is 8.32. The molecule has 3 aromatic heterocycles. The third-order valence-corrected chi connectivity index (χ3v) is 5.55. The minimum absolute atomic E-state index is 0.0449. The summed E-state index contributed by atoms with van der Waals surface area (Å²) < 4.78 is 39.5. The molecule has 1 fully saturated rings.